The van der Waals surface area contributed by atoms with Gasteiger partial charge in [-0.25, -0.2) is 0 Å². The quantitative estimate of drug-likeness (QED) is 0.175. The monoisotopic (exact) mass is 625 g/mol. The van der Waals surface area contributed by atoms with Crippen molar-refractivity contribution >= 4 is 30.3 Å². The van der Waals surface area contributed by atoms with Crippen LogP contribution in [-0.4, -0.2) is 3.21 Å². The normalized spacial score (nSPS) is 13.3. The fraction of sp³-hybridized carbons (Fsp3) is 0.268. The van der Waals surface area contributed by atoms with Crippen molar-refractivity contribution in [2.45, 2.75) is 72.6 Å². The number of hydrogen-bond donors (Lipinski definition) is 0. The zero-order chi connectivity index (χ0) is 30.2. The average molecular weight is 627 g/mol. The van der Waals surface area contributed by atoms with Crippen molar-refractivity contribution in [1.82, 2.24) is 0 Å². The Balaban J connectivity index is 0.000000211. The third-order valence-electron chi connectivity index (χ3n) is 8.56. The molecule has 0 atom stereocenters. The summed E-state index contributed by atoms with van der Waals surface area (Å²) in [4.78, 5) is 0. The van der Waals surface area contributed by atoms with Gasteiger partial charge in [0.1, 0.15) is 0 Å². The first-order valence-electron chi connectivity index (χ1n) is 15.1. The molecule has 1 heteroatoms. The van der Waals surface area contributed by atoms with Crippen LogP contribution in [0.25, 0.3) is 27.1 Å². The molecule has 5 aromatic carbocycles. The average Bonchev–Trinajstić information content (AvgIpc) is 3.63. The van der Waals surface area contributed by atoms with E-state index in [2.05, 4.69) is 159 Å². The number of aryl methyl sites for hydroxylation is 1. The molecule has 0 N–H and O–H groups in total. The summed E-state index contributed by atoms with van der Waals surface area (Å²) in [7, 11) is 0. The van der Waals surface area contributed by atoms with Crippen LogP contribution >= 0.6 is 0 Å². The molecule has 0 saturated heterocycles. The van der Waals surface area contributed by atoms with E-state index in [-0.39, 0.29) is 10.8 Å². The number of rotatable bonds is 3. The molecule has 0 saturated carbocycles. The maximum absolute atomic E-state index is 2.45. The molecule has 0 amide bonds. The third-order valence-corrected chi connectivity index (χ3v) is 9.97. The molecule has 212 valence electrons. The van der Waals surface area contributed by atoms with Crippen molar-refractivity contribution in [3.05, 3.63) is 142 Å². The first-order valence-corrected chi connectivity index (χ1v) is 16.3. The Bertz CT molecular complexity index is 1770. The first-order chi connectivity index (χ1) is 19.9. The Labute approximate surface area is 267 Å². The van der Waals surface area contributed by atoms with Gasteiger partial charge < -0.3 is 0 Å². The van der Waals surface area contributed by atoms with Gasteiger partial charge >= 0.3 is 99.2 Å². The predicted octanol–water partition coefficient (Wildman–Crippen LogP) is 11.1. The molecule has 0 unspecified atom stereocenters. The number of hydrogen-bond acceptors (Lipinski definition) is 0. The van der Waals surface area contributed by atoms with Crippen LogP contribution in [0.5, 0.6) is 0 Å². The summed E-state index contributed by atoms with van der Waals surface area (Å²) in [6, 6.07) is 30.6. The predicted molar refractivity (Wildman–Crippen MR) is 182 cm³/mol. The molecule has 0 heterocycles. The molecule has 1 aliphatic rings. The van der Waals surface area contributed by atoms with E-state index in [1.54, 1.807) is 0 Å². The van der Waals surface area contributed by atoms with Crippen LogP contribution in [0.3, 0.4) is 0 Å². The second-order valence-corrected chi connectivity index (χ2v) is 14.9. The van der Waals surface area contributed by atoms with E-state index in [0.29, 0.717) is 0 Å². The molecule has 0 aliphatic heterocycles. The van der Waals surface area contributed by atoms with Crippen molar-refractivity contribution in [2.24, 2.45) is 0 Å². The molecule has 0 spiro atoms. The van der Waals surface area contributed by atoms with Crippen LogP contribution in [0.2, 0.25) is 0 Å². The van der Waals surface area contributed by atoms with Crippen LogP contribution in [0.4, 0.5) is 0 Å². The summed E-state index contributed by atoms with van der Waals surface area (Å²) in [5.41, 5.74) is 11.7. The van der Waals surface area contributed by atoms with Crippen LogP contribution in [0.1, 0.15) is 86.9 Å². The van der Waals surface area contributed by atoms with Crippen LogP contribution < -0.4 is 0 Å². The molecule has 1 aliphatic carbocycles. The molecular weight excluding hydrogens is 584 g/mol. The topological polar surface area (TPSA) is 0 Å². The van der Waals surface area contributed by atoms with Gasteiger partial charge in [-0.3, -0.25) is 0 Å². The summed E-state index contributed by atoms with van der Waals surface area (Å²) in [6.45, 7) is 18.6. The van der Waals surface area contributed by atoms with Gasteiger partial charge in [0.05, 0.1) is 0 Å². The summed E-state index contributed by atoms with van der Waals surface area (Å²) < 4.78 is 1.42. The second kappa shape index (κ2) is 11.9. The number of allylic oxidation sites excluding steroid dienone is 4. The van der Waals surface area contributed by atoms with E-state index >= 15 is 0 Å². The van der Waals surface area contributed by atoms with Gasteiger partial charge in [0.2, 0.25) is 0 Å². The third kappa shape index (κ3) is 6.05. The SMILES string of the molecule is Cc1c(C(C)(C)C)c(C2=CC=CC2)c2[cH-]c3cc(C(C)(C)C)ccc3c2c1C.[Zr]=[C](c1ccccc1)c1ccccc1. The van der Waals surface area contributed by atoms with Gasteiger partial charge in [-0.05, 0) is 31.1 Å². The molecule has 0 aromatic heterocycles. The van der Waals surface area contributed by atoms with E-state index in [9.17, 15) is 0 Å². The molecular formula is C41H43Zr-. The molecule has 42 heavy (non-hydrogen) atoms. The Kier molecular flexibility index (Phi) is 8.65. The zero-order valence-electron chi connectivity index (χ0n) is 26.5. The van der Waals surface area contributed by atoms with Gasteiger partial charge in [0, 0.05) is 0 Å². The second-order valence-electron chi connectivity index (χ2n) is 13.7. The summed E-state index contributed by atoms with van der Waals surface area (Å²) >= 11 is 1.46. The van der Waals surface area contributed by atoms with Crippen molar-refractivity contribution < 1.29 is 24.2 Å². The van der Waals surface area contributed by atoms with Crippen LogP contribution in [0.15, 0.2) is 103 Å². The minimum absolute atomic E-state index is 0.113. The van der Waals surface area contributed by atoms with E-state index < -0.39 is 0 Å². The Morgan fingerprint density at radius 3 is 1.83 bits per heavy atom. The fourth-order valence-electron chi connectivity index (χ4n) is 6.33. The van der Waals surface area contributed by atoms with Gasteiger partial charge in [0.15, 0.2) is 0 Å². The molecule has 0 bridgehead atoms. The molecule has 0 radical (unpaired) electrons. The van der Waals surface area contributed by atoms with Crippen molar-refractivity contribution in [3.63, 3.8) is 0 Å². The van der Waals surface area contributed by atoms with E-state index in [1.807, 2.05) is 0 Å². The number of fused-ring (bicyclic) bond motifs is 3. The summed E-state index contributed by atoms with van der Waals surface area (Å²) in [5, 5.41) is 5.66. The zero-order valence-corrected chi connectivity index (χ0v) is 29.0. The van der Waals surface area contributed by atoms with Crippen molar-refractivity contribution in [3.8, 4) is 0 Å². The fourth-order valence-corrected chi connectivity index (χ4v) is 7.15. The molecule has 0 nitrogen and oxygen atoms in total. The van der Waals surface area contributed by atoms with Crippen LogP contribution in [-0.2, 0) is 35.1 Å². The van der Waals surface area contributed by atoms with E-state index in [1.165, 1.54) is 93.5 Å². The standard InChI is InChI=1S/C28H33.C13H10.Zr/c1-17-18(2)26(28(6,7)8)25(19-11-9-10-12-19)23-16-20-15-21(27(3,4)5)13-14-22(20)24(17)23;1-3-7-12(8-4-1)11-13-9-5-2-6-10-13;/h9-11,13-16H,12H2,1-8H3;1-10H;/q-1;;. The van der Waals surface area contributed by atoms with Crippen LogP contribution in [0, 0.1) is 13.8 Å². The Hall–Kier alpha value is -3.02. The van der Waals surface area contributed by atoms with Gasteiger partial charge in [0.25, 0.3) is 0 Å². The van der Waals surface area contributed by atoms with E-state index in [4.69, 9.17) is 0 Å². The summed E-state index contributed by atoms with van der Waals surface area (Å²) in [6.07, 6.45) is 7.85. The maximum atomic E-state index is 2.45. The van der Waals surface area contributed by atoms with Gasteiger partial charge in [-0.15, -0.1) is 33.7 Å². The Morgan fingerprint density at radius 1 is 0.738 bits per heavy atom. The summed E-state index contributed by atoms with van der Waals surface area (Å²) in [5.74, 6) is 0. The minimum atomic E-state index is 0.113. The molecule has 6 rings (SSSR count). The van der Waals surface area contributed by atoms with Crippen molar-refractivity contribution in [2.75, 3.05) is 0 Å². The Morgan fingerprint density at radius 2 is 1.33 bits per heavy atom. The van der Waals surface area contributed by atoms with Gasteiger partial charge in [-0.2, -0.15) is 0 Å². The molecule has 0 fully saturated rings. The first kappa shape index (κ1) is 30.4. The van der Waals surface area contributed by atoms with E-state index in [0.717, 1.165) is 6.42 Å². The molecule has 5 aromatic rings. The van der Waals surface area contributed by atoms with Gasteiger partial charge in [-0.1, -0.05) is 105 Å². The van der Waals surface area contributed by atoms with Crippen molar-refractivity contribution in [1.29, 1.82) is 0 Å². The number of benzene rings is 4.